The minimum atomic E-state index is -3.56. The molecule has 2 heterocycles. The summed E-state index contributed by atoms with van der Waals surface area (Å²) < 4.78 is 32.2. The van der Waals surface area contributed by atoms with E-state index in [1.165, 1.54) is 4.31 Å². The highest BCUT2D eigenvalue weighted by Crippen LogP contribution is 2.36. The molecule has 1 aromatic carbocycles. The number of nitrogens with zero attached hydrogens (tertiary/aromatic N) is 1. The number of sulfonamides is 1. The van der Waals surface area contributed by atoms with E-state index in [4.69, 9.17) is 4.74 Å². The summed E-state index contributed by atoms with van der Waals surface area (Å²) in [6.07, 6.45) is 0. The monoisotopic (exact) mass is 353 g/mol. The number of thiophene rings is 1. The Labute approximate surface area is 140 Å². The van der Waals surface area contributed by atoms with Crippen LogP contribution >= 0.6 is 11.3 Å². The van der Waals surface area contributed by atoms with Gasteiger partial charge in [0.1, 0.15) is 5.75 Å². The van der Waals surface area contributed by atoms with Crippen LogP contribution in [0.1, 0.15) is 11.5 Å². The largest absolute Gasteiger partial charge is 0.497 e. The van der Waals surface area contributed by atoms with E-state index in [2.05, 4.69) is 0 Å². The summed E-state index contributed by atoms with van der Waals surface area (Å²) in [4.78, 5) is 0.251. The van der Waals surface area contributed by atoms with Crippen LogP contribution in [0.15, 0.2) is 46.0 Å². The van der Waals surface area contributed by atoms with Crippen molar-refractivity contribution in [1.29, 1.82) is 0 Å². The van der Waals surface area contributed by atoms with Gasteiger partial charge in [0, 0.05) is 31.5 Å². The van der Waals surface area contributed by atoms with Crippen molar-refractivity contribution in [3.05, 3.63) is 46.7 Å². The highest BCUT2D eigenvalue weighted by Gasteiger charge is 2.39. The summed E-state index contributed by atoms with van der Waals surface area (Å²) in [5.74, 6) is 0.589. The highest BCUT2D eigenvalue weighted by atomic mass is 32.2. The van der Waals surface area contributed by atoms with Crippen LogP contribution < -0.4 is 4.74 Å². The van der Waals surface area contributed by atoms with E-state index in [0.29, 0.717) is 18.8 Å². The summed E-state index contributed by atoms with van der Waals surface area (Å²) in [7, 11) is -2.02. The average molecular weight is 353 g/mol. The van der Waals surface area contributed by atoms with Gasteiger partial charge in [-0.15, -0.1) is 0 Å². The van der Waals surface area contributed by atoms with Crippen LogP contribution in [0.5, 0.6) is 5.75 Å². The third-order valence-electron chi connectivity index (χ3n) is 4.31. The molecular formula is C16H19NO4S2. The van der Waals surface area contributed by atoms with Gasteiger partial charge < -0.3 is 9.84 Å². The Kier molecular flexibility index (Phi) is 4.72. The fourth-order valence-electron chi connectivity index (χ4n) is 2.97. The Morgan fingerprint density at radius 1 is 1.26 bits per heavy atom. The SMILES string of the molecule is COc1ccc(S(=O)(=O)N2CC(CO)C(c3ccsc3)C2)cc1. The number of hydrogen-bond donors (Lipinski definition) is 1. The van der Waals surface area contributed by atoms with Crippen molar-refractivity contribution < 1.29 is 18.3 Å². The zero-order valence-corrected chi connectivity index (χ0v) is 14.4. The van der Waals surface area contributed by atoms with Gasteiger partial charge >= 0.3 is 0 Å². The molecule has 1 aromatic heterocycles. The molecule has 124 valence electrons. The van der Waals surface area contributed by atoms with Crippen molar-refractivity contribution in [3.8, 4) is 5.75 Å². The van der Waals surface area contributed by atoms with Crippen LogP contribution in [0.25, 0.3) is 0 Å². The van der Waals surface area contributed by atoms with E-state index in [1.807, 2.05) is 16.8 Å². The first-order chi connectivity index (χ1) is 11.1. The second-order valence-corrected chi connectivity index (χ2v) is 8.32. The summed E-state index contributed by atoms with van der Waals surface area (Å²) in [6, 6.07) is 8.40. The highest BCUT2D eigenvalue weighted by molar-refractivity contribution is 7.89. The molecule has 0 saturated carbocycles. The molecule has 1 aliphatic heterocycles. The lowest BCUT2D eigenvalue weighted by atomic mass is 9.92. The molecule has 1 aliphatic rings. The molecule has 0 amide bonds. The Balaban J connectivity index is 1.85. The first-order valence-corrected chi connectivity index (χ1v) is 9.71. The second kappa shape index (κ2) is 6.60. The molecule has 1 N–H and O–H groups in total. The predicted molar refractivity (Wildman–Crippen MR) is 89.4 cm³/mol. The topological polar surface area (TPSA) is 66.8 Å². The lowest BCUT2D eigenvalue weighted by Crippen LogP contribution is -2.29. The standard InChI is InChI=1S/C16H19NO4S2/c1-21-14-2-4-15(5-3-14)23(19,20)17-8-13(10-18)16(9-17)12-6-7-22-11-12/h2-7,11,13,16,18H,8-10H2,1H3. The van der Waals surface area contributed by atoms with Crippen LogP contribution in [0.3, 0.4) is 0 Å². The van der Waals surface area contributed by atoms with Gasteiger partial charge in [-0.3, -0.25) is 0 Å². The van der Waals surface area contributed by atoms with Crippen LogP contribution in [0.2, 0.25) is 0 Å². The summed E-state index contributed by atoms with van der Waals surface area (Å²) >= 11 is 1.58. The lowest BCUT2D eigenvalue weighted by molar-refractivity contribution is 0.223. The maximum absolute atomic E-state index is 12.8. The van der Waals surface area contributed by atoms with Gasteiger partial charge in [-0.1, -0.05) is 0 Å². The minimum Gasteiger partial charge on any atom is -0.497 e. The zero-order valence-electron chi connectivity index (χ0n) is 12.8. The molecule has 23 heavy (non-hydrogen) atoms. The fourth-order valence-corrected chi connectivity index (χ4v) is 5.22. The summed E-state index contributed by atoms with van der Waals surface area (Å²) in [5.41, 5.74) is 1.10. The van der Waals surface area contributed by atoms with E-state index >= 15 is 0 Å². The third kappa shape index (κ3) is 3.14. The minimum absolute atomic E-state index is 0.0187. The smallest absolute Gasteiger partial charge is 0.243 e. The molecule has 3 rings (SSSR count). The first-order valence-electron chi connectivity index (χ1n) is 7.33. The van der Waals surface area contributed by atoms with Crippen LogP contribution in [-0.4, -0.2) is 44.6 Å². The molecule has 0 bridgehead atoms. The molecule has 0 radical (unpaired) electrons. The van der Waals surface area contributed by atoms with Crippen molar-refractivity contribution in [1.82, 2.24) is 4.31 Å². The van der Waals surface area contributed by atoms with Gasteiger partial charge in [0.15, 0.2) is 0 Å². The molecule has 2 atom stereocenters. The Morgan fingerprint density at radius 2 is 2.00 bits per heavy atom. The number of hydrogen-bond acceptors (Lipinski definition) is 5. The van der Waals surface area contributed by atoms with Crippen LogP contribution in [-0.2, 0) is 10.0 Å². The molecule has 2 aromatic rings. The fraction of sp³-hybridized carbons (Fsp3) is 0.375. The van der Waals surface area contributed by atoms with E-state index in [9.17, 15) is 13.5 Å². The molecular weight excluding hydrogens is 334 g/mol. The first kappa shape index (κ1) is 16.4. The van der Waals surface area contributed by atoms with Gasteiger partial charge in [0.2, 0.25) is 10.0 Å². The quantitative estimate of drug-likeness (QED) is 0.894. The van der Waals surface area contributed by atoms with Crippen molar-refractivity contribution >= 4 is 21.4 Å². The Hall–Kier alpha value is -1.41. The Bertz CT molecular complexity index is 741. The molecule has 0 aliphatic carbocycles. The van der Waals surface area contributed by atoms with Gasteiger partial charge in [-0.25, -0.2) is 8.42 Å². The van der Waals surface area contributed by atoms with Gasteiger partial charge in [0.25, 0.3) is 0 Å². The van der Waals surface area contributed by atoms with Crippen molar-refractivity contribution in [2.24, 2.45) is 5.92 Å². The molecule has 1 saturated heterocycles. The second-order valence-electron chi connectivity index (χ2n) is 5.60. The number of ether oxygens (including phenoxy) is 1. The molecule has 7 heteroatoms. The molecule has 5 nitrogen and oxygen atoms in total. The van der Waals surface area contributed by atoms with Crippen LogP contribution in [0, 0.1) is 5.92 Å². The molecule has 2 unspecified atom stereocenters. The zero-order chi connectivity index (χ0) is 16.4. The maximum atomic E-state index is 12.8. The maximum Gasteiger partial charge on any atom is 0.243 e. The number of aliphatic hydroxyl groups excluding tert-OH is 1. The number of methoxy groups -OCH3 is 1. The van der Waals surface area contributed by atoms with Gasteiger partial charge in [0.05, 0.1) is 12.0 Å². The summed E-state index contributed by atoms with van der Waals surface area (Å²) in [5, 5.41) is 13.6. The number of rotatable bonds is 5. The number of aliphatic hydroxyl groups is 1. The normalized spacial score (nSPS) is 22.3. The third-order valence-corrected chi connectivity index (χ3v) is 6.86. The van der Waals surface area contributed by atoms with E-state index in [1.54, 1.807) is 42.7 Å². The summed E-state index contributed by atoms with van der Waals surface area (Å²) in [6.45, 7) is 0.719. The van der Waals surface area contributed by atoms with Crippen molar-refractivity contribution in [2.45, 2.75) is 10.8 Å². The molecule has 0 spiro atoms. The van der Waals surface area contributed by atoms with Crippen LogP contribution in [0.4, 0.5) is 0 Å². The van der Waals surface area contributed by atoms with Gasteiger partial charge in [-0.2, -0.15) is 15.6 Å². The van der Waals surface area contributed by atoms with E-state index < -0.39 is 10.0 Å². The predicted octanol–water partition coefficient (Wildman–Crippen LogP) is 2.15. The van der Waals surface area contributed by atoms with Gasteiger partial charge in [-0.05, 0) is 46.7 Å². The van der Waals surface area contributed by atoms with E-state index in [0.717, 1.165) is 5.56 Å². The van der Waals surface area contributed by atoms with E-state index in [-0.39, 0.29) is 23.3 Å². The number of benzene rings is 1. The molecule has 1 fully saturated rings. The average Bonchev–Trinajstić information content (AvgIpc) is 3.23. The lowest BCUT2D eigenvalue weighted by Gasteiger charge is -2.16. The Morgan fingerprint density at radius 3 is 2.57 bits per heavy atom. The van der Waals surface area contributed by atoms with Crippen molar-refractivity contribution in [2.75, 3.05) is 26.8 Å². The van der Waals surface area contributed by atoms with Crippen molar-refractivity contribution in [3.63, 3.8) is 0 Å².